The van der Waals surface area contributed by atoms with Gasteiger partial charge in [0.1, 0.15) is 11.6 Å². The molecule has 1 N–H and O–H groups in total. The van der Waals surface area contributed by atoms with Crippen molar-refractivity contribution in [1.82, 2.24) is 4.90 Å². The maximum atomic E-state index is 13.7. The monoisotopic (exact) mass is 282 g/mol. The van der Waals surface area contributed by atoms with Gasteiger partial charge >= 0.3 is 6.03 Å². The van der Waals surface area contributed by atoms with Crippen LogP contribution in [0.15, 0.2) is 18.2 Å². The van der Waals surface area contributed by atoms with Crippen molar-refractivity contribution in [1.29, 1.82) is 0 Å². The first-order valence-corrected chi connectivity index (χ1v) is 6.55. The summed E-state index contributed by atoms with van der Waals surface area (Å²) in [5.41, 5.74) is 0.112. The minimum absolute atomic E-state index is 0.0374. The summed E-state index contributed by atoms with van der Waals surface area (Å²) in [5.74, 6) is -0.00166. The molecule has 0 saturated carbocycles. The fraction of sp³-hybridized carbons (Fsp3) is 0.500. The molecule has 20 heavy (non-hydrogen) atoms. The summed E-state index contributed by atoms with van der Waals surface area (Å²) in [6.07, 6.45) is -0.0374. The van der Waals surface area contributed by atoms with Crippen molar-refractivity contribution in [3.05, 3.63) is 24.0 Å². The van der Waals surface area contributed by atoms with E-state index in [4.69, 9.17) is 9.47 Å². The highest BCUT2D eigenvalue weighted by Gasteiger charge is 2.29. The zero-order chi connectivity index (χ0) is 14.7. The Labute approximate surface area is 117 Å². The number of halogens is 1. The molecule has 0 unspecified atom stereocenters. The Hall–Kier alpha value is -1.82. The molecule has 0 spiro atoms. The Bertz CT molecular complexity index is 495. The first kappa shape index (κ1) is 14.6. The topological polar surface area (TPSA) is 50.8 Å². The summed E-state index contributed by atoms with van der Waals surface area (Å²) in [4.78, 5) is 13.9. The molecule has 2 atom stereocenters. The molecule has 5 nitrogen and oxygen atoms in total. The largest absolute Gasteiger partial charge is 0.497 e. The first-order chi connectivity index (χ1) is 9.52. The molecule has 1 fully saturated rings. The van der Waals surface area contributed by atoms with Crippen LogP contribution in [-0.4, -0.2) is 43.3 Å². The maximum absolute atomic E-state index is 13.7. The van der Waals surface area contributed by atoms with Crippen molar-refractivity contribution in [2.45, 2.75) is 26.0 Å². The van der Waals surface area contributed by atoms with Crippen LogP contribution in [0.1, 0.15) is 13.8 Å². The standard InChI is InChI=1S/C14H19FN2O3/c1-9-10(2)20-7-6-17(9)14(18)16-13-8-11(19-3)4-5-12(13)15/h4-5,8-10H,6-7H2,1-3H3,(H,16,18)/t9-,10+/m1/s1. The molecular formula is C14H19FN2O3. The van der Waals surface area contributed by atoms with E-state index in [0.29, 0.717) is 18.9 Å². The Morgan fingerprint density at radius 2 is 2.25 bits per heavy atom. The number of ether oxygens (including phenoxy) is 2. The molecular weight excluding hydrogens is 263 g/mol. The Balaban J connectivity index is 2.11. The van der Waals surface area contributed by atoms with Gasteiger partial charge in [0.2, 0.25) is 0 Å². The summed E-state index contributed by atoms with van der Waals surface area (Å²) in [6.45, 7) is 4.80. The van der Waals surface area contributed by atoms with Gasteiger partial charge in [0.25, 0.3) is 0 Å². The summed E-state index contributed by atoms with van der Waals surface area (Å²) in [5, 5.41) is 2.58. The highest BCUT2D eigenvalue weighted by molar-refractivity contribution is 5.90. The van der Waals surface area contributed by atoms with Crippen LogP contribution in [0.5, 0.6) is 5.75 Å². The zero-order valence-electron chi connectivity index (χ0n) is 11.9. The smallest absolute Gasteiger partial charge is 0.322 e. The third kappa shape index (κ3) is 3.01. The molecule has 0 aromatic heterocycles. The second-order valence-corrected chi connectivity index (χ2v) is 4.79. The minimum atomic E-state index is -0.492. The predicted octanol–water partition coefficient (Wildman–Crippen LogP) is 2.48. The van der Waals surface area contributed by atoms with Crippen LogP contribution in [0.3, 0.4) is 0 Å². The summed E-state index contributed by atoms with van der Waals surface area (Å²) < 4.78 is 24.2. The molecule has 1 aliphatic heterocycles. The van der Waals surface area contributed by atoms with Gasteiger partial charge in [0.15, 0.2) is 0 Å². The van der Waals surface area contributed by atoms with Crippen molar-refractivity contribution in [2.24, 2.45) is 0 Å². The van der Waals surface area contributed by atoms with Gasteiger partial charge in [-0.2, -0.15) is 0 Å². The molecule has 1 heterocycles. The predicted molar refractivity (Wildman–Crippen MR) is 73.6 cm³/mol. The van der Waals surface area contributed by atoms with Crippen molar-refractivity contribution >= 4 is 11.7 Å². The molecule has 0 radical (unpaired) electrons. The molecule has 1 aromatic carbocycles. The van der Waals surface area contributed by atoms with E-state index in [1.54, 1.807) is 4.90 Å². The molecule has 2 rings (SSSR count). The van der Waals surface area contributed by atoms with Crippen LogP contribution < -0.4 is 10.1 Å². The van der Waals surface area contributed by atoms with Gasteiger partial charge in [0, 0.05) is 12.6 Å². The minimum Gasteiger partial charge on any atom is -0.497 e. The van der Waals surface area contributed by atoms with E-state index in [2.05, 4.69) is 5.32 Å². The van der Waals surface area contributed by atoms with Crippen molar-refractivity contribution in [3.8, 4) is 5.75 Å². The van der Waals surface area contributed by atoms with Crippen LogP contribution in [-0.2, 0) is 4.74 Å². The number of benzene rings is 1. The van der Waals surface area contributed by atoms with Crippen LogP contribution >= 0.6 is 0 Å². The fourth-order valence-corrected chi connectivity index (χ4v) is 2.13. The van der Waals surface area contributed by atoms with E-state index in [1.165, 1.54) is 25.3 Å². The van der Waals surface area contributed by atoms with Crippen LogP contribution in [0.4, 0.5) is 14.9 Å². The number of hydrogen-bond acceptors (Lipinski definition) is 3. The molecule has 1 saturated heterocycles. The number of nitrogens with zero attached hydrogens (tertiary/aromatic N) is 1. The normalized spacial score (nSPS) is 22.5. The number of hydrogen-bond donors (Lipinski definition) is 1. The number of carbonyl (C=O) groups excluding carboxylic acids is 1. The van der Waals surface area contributed by atoms with Gasteiger partial charge in [-0.1, -0.05) is 0 Å². The lowest BCUT2D eigenvalue weighted by Crippen LogP contribution is -2.52. The van der Waals surface area contributed by atoms with E-state index < -0.39 is 5.82 Å². The number of carbonyl (C=O) groups is 1. The lowest BCUT2D eigenvalue weighted by Gasteiger charge is -2.37. The number of methoxy groups -OCH3 is 1. The number of amides is 2. The average molecular weight is 282 g/mol. The summed E-state index contributed by atoms with van der Waals surface area (Å²) >= 11 is 0. The lowest BCUT2D eigenvalue weighted by atomic mass is 10.1. The third-order valence-corrected chi connectivity index (χ3v) is 3.56. The van der Waals surface area contributed by atoms with Crippen LogP contribution in [0.25, 0.3) is 0 Å². The first-order valence-electron chi connectivity index (χ1n) is 6.55. The zero-order valence-corrected chi connectivity index (χ0v) is 11.9. The SMILES string of the molecule is COc1ccc(F)c(NC(=O)N2CCO[C@@H](C)[C@H]2C)c1. The second-order valence-electron chi connectivity index (χ2n) is 4.79. The average Bonchev–Trinajstić information content (AvgIpc) is 2.44. The third-order valence-electron chi connectivity index (χ3n) is 3.56. The fourth-order valence-electron chi connectivity index (χ4n) is 2.13. The van der Waals surface area contributed by atoms with E-state index >= 15 is 0 Å². The molecule has 1 aliphatic rings. The lowest BCUT2D eigenvalue weighted by molar-refractivity contribution is -0.0355. The van der Waals surface area contributed by atoms with E-state index in [9.17, 15) is 9.18 Å². The number of urea groups is 1. The maximum Gasteiger partial charge on any atom is 0.322 e. The summed E-state index contributed by atoms with van der Waals surface area (Å²) in [7, 11) is 1.49. The highest BCUT2D eigenvalue weighted by Crippen LogP contribution is 2.22. The molecule has 6 heteroatoms. The van der Waals surface area contributed by atoms with Gasteiger partial charge in [-0.05, 0) is 26.0 Å². The second kappa shape index (κ2) is 6.09. The summed E-state index contributed by atoms with van der Waals surface area (Å²) in [6, 6.07) is 3.84. The van der Waals surface area contributed by atoms with Gasteiger partial charge < -0.3 is 19.7 Å². The van der Waals surface area contributed by atoms with Gasteiger partial charge in [0.05, 0.1) is 31.5 Å². The van der Waals surface area contributed by atoms with Gasteiger partial charge in [-0.15, -0.1) is 0 Å². The van der Waals surface area contributed by atoms with Gasteiger partial charge in [-0.3, -0.25) is 0 Å². The van der Waals surface area contributed by atoms with Crippen molar-refractivity contribution in [3.63, 3.8) is 0 Å². The van der Waals surface area contributed by atoms with Crippen LogP contribution in [0.2, 0.25) is 0 Å². The highest BCUT2D eigenvalue weighted by atomic mass is 19.1. The Morgan fingerprint density at radius 1 is 1.50 bits per heavy atom. The molecule has 2 amide bonds. The van der Waals surface area contributed by atoms with E-state index in [-0.39, 0.29) is 23.9 Å². The quantitative estimate of drug-likeness (QED) is 0.906. The molecule has 0 aliphatic carbocycles. The van der Waals surface area contributed by atoms with E-state index in [1.807, 2.05) is 13.8 Å². The number of nitrogens with one attached hydrogen (secondary N) is 1. The molecule has 1 aromatic rings. The number of rotatable bonds is 2. The van der Waals surface area contributed by atoms with E-state index in [0.717, 1.165) is 0 Å². The molecule has 110 valence electrons. The number of morpholine rings is 1. The van der Waals surface area contributed by atoms with Crippen molar-refractivity contribution in [2.75, 3.05) is 25.6 Å². The van der Waals surface area contributed by atoms with Crippen molar-refractivity contribution < 1.29 is 18.7 Å². The van der Waals surface area contributed by atoms with Gasteiger partial charge in [-0.25, -0.2) is 9.18 Å². The Morgan fingerprint density at radius 3 is 2.95 bits per heavy atom. The van der Waals surface area contributed by atoms with Crippen LogP contribution in [0, 0.1) is 5.82 Å². The number of anilines is 1. The Kier molecular flexibility index (Phi) is 4.44. The molecule has 0 bridgehead atoms.